The number of aliphatic hydroxyl groups excluding tert-OH is 1. The predicted molar refractivity (Wildman–Crippen MR) is 71.1 cm³/mol. The fraction of sp³-hybridized carbons (Fsp3) is 1.00. The van der Waals surface area contributed by atoms with E-state index in [0.717, 1.165) is 19.5 Å². The van der Waals surface area contributed by atoms with Gasteiger partial charge in [-0.05, 0) is 64.2 Å². The molecule has 2 fully saturated rings. The van der Waals surface area contributed by atoms with Crippen molar-refractivity contribution in [3.05, 3.63) is 0 Å². The van der Waals surface area contributed by atoms with Crippen molar-refractivity contribution >= 4 is 0 Å². The molecule has 1 saturated carbocycles. The Hall–Kier alpha value is -0.120. The fourth-order valence-corrected chi connectivity index (χ4v) is 3.15. The number of hydrogen-bond acceptors (Lipinski definition) is 3. The topological polar surface area (TPSA) is 35.5 Å². The first kappa shape index (κ1) is 13.3. The summed E-state index contributed by atoms with van der Waals surface area (Å²) in [5.74, 6) is 0.510. The van der Waals surface area contributed by atoms with E-state index in [4.69, 9.17) is 0 Å². The minimum atomic E-state index is -0.0465. The SMILES string of the molecule is OC1CCCCC1CNCCCN1CCCC1. The quantitative estimate of drug-likeness (QED) is 0.693. The summed E-state index contributed by atoms with van der Waals surface area (Å²) in [5.41, 5.74) is 0. The normalized spacial score (nSPS) is 30.9. The van der Waals surface area contributed by atoms with E-state index >= 15 is 0 Å². The lowest BCUT2D eigenvalue weighted by Crippen LogP contribution is -2.35. The number of likely N-dealkylation sites (tertiary alicyclic amines) is 1. The van der Waals surface area contributed by atoms with Gasteiger partial charge in [0.1, 0.15) is 0 Å². The van der Waals surface area contributed by atoms with E-state index in [1.807, 2.05) is 0 Å². The third kappa shape index (κ3) is 4.57. The molecule has 1 heterocycles. The van der Waals surface area contributed by atoms with Crippen LogP contribution < -0.4 is 5.32 Å². The van der Waals surface area contributed by atoms with Gasteiger partial charge >= 0.3 is 0 Å². The van der Waals surface area contributed by atoms with Crippen LogP contribution in [0.4, 0.5) is 0 Å². The van der Waals surface area contributed by atoms with Crippen molar-refractivity contribution < 1.29 is 5.11 Å². The Bertz CT molecular complexity index is 204. The molecule has 0 radical (unpaired) electrons. The van der Waals surface area contributed by atoms with Crippen LogP contribution in [0.15, 0.2) is 0 Å². The summed E-state index contributed by atoms with van der Waals surface area (Å²) in [5, 5.41) is 13.4. The van der Waals surface area contributed by atoms with Gasteiger partial charge in [-0.25, -0.2) is 0 Å². The summed E-state index contributed by atoms with van der Waals surface area (Å²) in [6.45, 7) is 5.99. The lowest BCUT2D eigenvalue weighted by Gasteiger charge is -2.27. The van der Waals surface area contributed by atoms with Gasteiger partial charge in [0, 0.05) is 6.54 Å². The number of rotatable bonds is 6. The third-order valence-electron chi connectivity index (χ3n) is 4.30. The zero-order valence-corrected chi connectivity index (χ0v) is 11.0. The van der Waals surface area contributed by atoms with E-state index in [2.05, 4.69) is 10.2 Å². The van der Waals surface area contributed by atoms with E-state index < -0.39 is 0 Å². The van der Waals surface area contributed by atoms with Crippen LogP contribution in [0.1, 0.15) is 44.9 Å². The van der Waals surface area contributed by atoms with Gasteiger partial charge < -0.3 is 15.3 Å². The van der Waals surface area contributed by atoms with Crippen molar-refractivity contribution in [1.29, 1.82) is 0 Å². The van der Waals surface area contributed by atoms with Crippen LogP contribution in [0.3, 0.4) is 0 Å². The van der Waals surface area contributed by atoms with Crippen LogP contribution >= 0.6 is 0 Å². The van der Waals surface area contributed by atoms with Crippen LogP contribution in [-0.2, 0) is 0 Å². The Balaban J connectivity index is 1.47. The van der Waals surface area contributed by atoms with Crippen LogP contribution in [-0.4, -0.2) is 48.8 Å². The van der Waals surface area contributed by atoms with E-state index in [1.54, 1.807) is 0 Å². The lowest BCUT2D eigenvalue weighted by molar-refractivity contribution is 0.0696. The summed E-state index contributed by atoms with van der Waals surface area (Å²) in [6, 6.07) is 0. The number of aliphatic hydroxyl groups is 1. The molecule has 3 nitrogen and oxygen atoms in total. The summed E-state index contributed by atoms with van der Waals surface area (Å²) in [4.78, 5) is 2.57. The molecule has 0 aromatic heterocycles. The van der Waals surface area contributed by atoms with Gasteiger partial charge in [0.2, 0.25) is 0 Å². The Labute approximate surface area is 106 Å². The van der Waals surface area contributed by atoms with Crippen LogP contribution in [0.2, 0.25) is 0 Å². The Kier molecular flexibility index (Phi) is 5.75. The summed E-state index contributed by atoms with van der Waals surface area (Å²) < 4.78 is 0. The second kappa shape index (κ2) is 7.34. The monoisotopic (exact) mass is 240 g/mol. The second-order valence-electron chi connectivity index (χ2n) is 5.72. The molecule has 1 aliphatic carbocycles. The largest absolute Gasteiger partial charge is 0.393 e. The van der Waals surface area contributed by atoms with Gasteiger partial charge in [-0.3, -0.25) is 0 Å². The highest BCUT2D eigenvalue weighted by Crippen LogP contribution is 2.23. The standard InChI is InChI=1S/C14H28N2O/c17-14-7-2-1-6-13(14)12-15-8-5-11-16-9-3-4-10-16/h13-15,17H,1-12H2. The zero-order chi connectivity index (χ0) is 11.9. The molecule has 17 heavy (non-hydrogen) atoms. The molecule has 2 aliphatic rings. The average Bonchev–Trinajstić information content (AvgIpc) is 2.84. The van der Waals surface area contributed by atoms with Crippen LogP contribution in [0.25, 0.3) is 0 Å². The molecule has 3 heteroatoms. The first-order valence-electron chi connectivity index (χ1n) is 7.47. The van der Waals surface area contributed by atoms with Crippen molar-refractivity contribution in [2.45, 2.75) is 51.0 Å². The fourth-order valence-electron chi connectivity index (χ4n) is 3.15. The molecule has 0 spiro atoms. The molecule has 2 rings (SSSR count). The summed E-state index contributed by atoms with van der Waals surface area (Å²) in [7, 11) is 0. The Morgan fingerprint density at radius 2 is 1.82 bits per heavy atom. The van der Waals surface area contributed by atoms with E-state index in [0.29, 0.717) is 5.92 Å². The van der Waals surface area contributed by atoms with Gasteiger partial charge in [-0.1, -0.05) is 12.8 Å². The van der Waals surface area contributed by atoms with Crippen LogP contribution in [0.5, 0.6) is 0 Å². The third-order valence-corrected chi connectivity index (χ3v) is 4.30. The van der Waals surface area contributed by atoms with Gasteiger partial charge in [0.05, 0.1) is 6.10 Å². The lowest BCUT2D eigenvalue weighted by atomic mass is 9.86. The van der Waals surface area contributed by atoms with Gasteiger partial charge in [-0.15, -0.1) is 0 Å². The van der Waals surface area contributed by atoms with Gasteiger partial charge in [0.15, 0.2) is 0 Å². The smallest absolute Gasteiger partial charge is 0.0580 e. The van der Waals surface area contributed by atoms with Crippen molar-refractivity contribution in [2.24, 2.45) is 5.92 Å². The Morgan fingerprint density at radius 1 is 1.06 bits per heavy atom. The predicted octanol–water partition coefficient (Wildman–Crippen LogP) is 1.61. The molecule has 0 bridgehead atoms. The van der Waals surface area contributed by atoms with Gasteiger partial charge in [0.25, 0.3) is 0 Å². The molecule has 2 unspecified atom stereocenters. The number of nitrogens with one attached hydrogen (secondary N) is 1. The maximum atomic E-state index is 9.85. The molecule has 100 valence electrons. The van der Waals surface area contributed by atoms with Crippen molar-refractivity contribution in [2.75, 3.05) is 32.7 Å². The maximum absolute atomic E-state index is 9.85. The molecular weight excluding hydrogens is 212 g/mol. The van der Waals surface area contributed by atoms with E-state index in [9.17, 15) is 5.11 Å². The zero-order valence-electron chi connectivity index (χ0n) is 11.0. The molecule has 0 aromatic carbocycles. The molecule has 1 aliphatic heterocycles. The highest BCUT2D eigenvalue weighted by Gasteiger charge is 2.22. The molecule has 0 amide bonds. The Morgan fingerprint density at radius 3 is 2.59 bits per heavy atom. The number of hydrogen-bond donors (Lipinski definition) is 2. The van der Waals surface area contributed by atoms with Crippen molar-refractivity contribution in [1.82, 2.24) is 10.2 Å². The van der Waals surface area contributed by atoms with Gasteiger partial charge in [-0.2, -0.15) is 0 Å². The molecule has 2 atom stereocenters. The van der Waals surface area contributed by atoms with E-state index in [1.165, 1.54) is 58.2 Å². The number of nitrogens with zero attached hydrogens (tertiary/aromatic N) is 1. The summed E-state index contributed by atoms with van der Waals surface area (Å²) >= 11 is 0. The highest BCUT2D eigenvalue weighted by atomic mass is 16.3. The molecular formula is C14H28N2O. The van der Waals surface area contributed by atoms with Crippen LogP contribution in [0, 0.1) is 5.92 Å². The first-order valence-corrected chi connectivity index (χ1v) is 7.47. The van der Waals surface area contributed by atoms with E-state index in [-0.39, 0.29) is 6.10 Å². The highest BCUT2D eigenvalue weighted by molar-refractivity contribution is 4.76. The molecule has 0 aromatic rings. The molecule has 1 saturated heterocycles. The summed E-state index contributed by atoms with van der Waals surface area (Å²) in [6.07, 6.45) is 8.73. The minimum absolute atomic E-state index is 0.0465. The van der Waals surface area contributed by atoms with Crippen molar-refractivity contribution in [3.8, 4) is 0 Å². The maximum Gasteiger partial charge on any atom is 0.0580 e. The second-order valence-corrected chi connectivity index (χ2v) is 5.72. The average molecular weight is 240 g/mol. The molecule has 2 N–H and O–H groups in total. The first-order chi connectivity index (χ1) is 8.36. The van der Waals surface area contributed by atoms with Crippen molar-refractivity contribution in [3.63, 3.8) is 0 Å². The minimum Gasteiger partial charge on any atom is -0.393 e.